The zero-order valence-electron chi connectivity index (χ0n) is 16.5. The lowest BCUT2D eigenvalue weighted by Crippen LogP contribution is -2.44. The third kappa shape index (κ3) is 3.32. The second-order valence-electron chi connectivity index (χ2n) is 8.57. The zero-order valence-corrected chi connectivity index (χ0v) is 17.2. The van der Waals surface area contributed by atoms with Crippen LogP contribution in [0.4, 0.5) is 4.79 Å². The summed E-state index contributed by atoms with van der Waals surface area (Å²) in [7, 11) is 1.61. The number of carbonyl (C=O) groups is 1. The number of carbonyl (C=O) groups excluding carboxylic acids is 1. The van der Waals surface area contributed by atoms with Crippen LogP contribution in [0.25, 0.3) is 10.9 Å². The van der Waals surface area contributed by atoms with Crippen molar-refractivity contribution in [3.05, 3.63) is 28.4 Å². The van der Waals surface area contributed by atoms with Crippen LogP contribution in [0.5, 0.6) is 5.75 Å². The average molecular weight is 391 g/mol. The smallest absolute Gasteiger partial charge is 0.419 e. The standard InChI is InChI=1S/C21H27ClN2O3/c1-21(2,3)27-20(25)24-17-11-14(26-4)10-16(22)19(17)15-9-13-7-5-6-8-23(13)12-18(15)24/h10-11,13H,5-9,12H2,1-4H3/t13-/m1/s1. The van der Waals surface area contributed by atoms with Crippen molar-refractivity contribution in [3.8, 4) is 5.75 Å². The van der Waals surface area contributed by atoms with E-state index in [0.29, 0.717) is 16.8 Å². The van der Waals surface area contributed by atoms with Gasteiger partial charge in [0, 0.05) is 29.7 Å². The van der Waals surface area contributed by atoms with Gasteiger partial charge in [-0.15, -0.1) is 0 Å². The quantitative estimate of drug-likeness (QED) is 0.687. The zero-order chi connectivity index (χ0) is 19.3. The summed E-state index contributed by atoms with van der Waals surface area (Å²) >= 11 is 6.65. The predicted molar refractivity (Wildman–Crippen MR) is 107 cm³/mol. The maximum atomic E-state index is 13.1. The van der Waals surface area contributed by atoms with E-state index in [1.165, 1.54) is 24.8 Å². The largest absolute Gasteiger partial charge is 0.497 e. The number of benzene rings is 1. The molecule has 0 saturated carbocycles. The maximum absolute atomic E-state index is 13.1. The Morgan fingerprint density at radius 1 is 1.26 bits per heavy atom. The van der Waals surface area contributed by atoms with E-state index in [-0.39, 0.29) is 6.09 Å². The number of methoxy groups -OCH3 is 1. The summed E-state index contributed by atoms with van der Waals surface area (Å²) in [5.74, 6) is 0.643. The number of halogens is 1. The Bertz CT molecular complexity index is 897. The van der Waals surface area contributed by atoms with Gasteiger partial charge in [-0.2, -0.15) is 0 Å². The number of nitrogens with zero attached hydrogens (tertiary/aromatic N) is 2. The van der Waals surface area contributed by atoms with Crippen LogP contribution in [0.2, 0.25) is 5.02 Å². The van der Waals surface area contributed by atoms with Gasteiger partial charge in [0.2, 0.25) is 0 Å². The van der Waals surface area contributed by atoms with E-state index < -0.39 is 5.60 Å². The summed E-state index contributed by atoms with van der Waals surface area (Å²) in [5.41, 5.74) is 2.41. The summed E-state index contributed by atoms with van der Waals surface area (Å²) in [6, 6.07) is 4.25. The molecule has 3 heterocycles. The van der Waals surface area contributed by atoms with E-state index in [9.17, 15) is 4.79 Å². The molecule has 0 bridgehead atoms. The van der Waals surface area contributed by atoms with Crippen molar-refractivity contribution in [2.75, 3.05) is 13.7 Å². The van der Waals surface area contributed by atoms with Crippen LogP contribution in [0.3, 0.4) is 0 Å². The number of hydrogen-bond donors (Lipinski definition) is 0. The van der Waals surface area contributed by atoms with Gasteiger partial charge in [0.15, 0.2) is 0 Å². The van der Waals surface area contributed by atoms with E-state index in [1.54, 1.807) is 11.7 Å². The summed E-state index contributed by atoms with van der Waals surface area (Å²) < 4.78 is 12.8. The molecule has 0 amide bonds. The van der Waals surface area contributed by atoms with Crippen LogP contribution in [-0.2, 0) is 17.7 Å². The fourth-order valence-electron chi connectivity index (χ4n) is 4.42. The first-order valence-corrected chi connectivity index (χ1v) is 10.0. The summed E-state index contributed by atoms with van der Waals surface area (Å²) in [6.45, 7) is 7.50. The molecule has 0 radical (unpaired) electrons. The van der Waals surface area contributed by atoms with Gasteiger partial charge in [-0.25, -0.2) is 9.36 Å². The number of ether oxygens (including phenoxy) is 2. The third-order valence-corrected chi connectivity index (χ3v) is 5.86. The van der Waals surface area contributed by atoms with Crippen LogP contribution in [0.1, 0.15) is 51.3 Å². The summed E-state index contributed by atoms with van der Waals surface area (Å²) in [5, 5.41) is 1.59. The summed E-state index contributed by atoms with van der Waals surface area (Å²) in [4.78, 5) is 15.6. The van der Waals surface area contributed by atoms with Crippen LogP contribution in [-0.4, -0.2) is 40.9 Å². The van der Waals surface area contributed by atoms with Crippen LogP contribution >= 0.6 is 11.6 Å². The molecular formula is C21H27ClN2O3. The monoisotopic (exact) mass is 390 g/mol. The van der Waals surface area contributed by atoms with Crippen molar-refractivity contribution in [2.45, 2.75) is 64.6 Å². The van der Waals surface area contributed by atoms with Crippen molar-refractivity contribution < 1.29 is 14.3 Å². The molecule has 1 saturated heterocycles. The molecule has 0 spiro atoms. The van der Waals surface area contributed by atoms with Gasteiger partial charge in [-0.05, 0) is 58.2 Å². The fourth-order valence-corrected chi connectivity index (χ4v) is 4.73. The predicted octanol–water partition coefficient (Wildman–Crippen LogP) is 5.00. The first kappa shape index (κ1) is 18.6. The second kappa shape index (κ2) is 6.71. The van der Waals surface area contributed by atoms with Crippen molar-refractivity contribution >= 4 is 28.6 Å². The van der Waals surface area contributed by atoms with E-state index in [1.807, 2.05) is 32.9 Å². The lowest BCUT2D eigenvalue weighted by atomic mass is 9.90. The minimum Gasteiger partial charge on any atom is -0.497 e. The molecule has 1 aromatic carbocycles. The van der Waals surface area contributed by atoms with Gasteiger partial charge in [-0.1, -0.05) is 18.0 Å². The second-order valence-corrected chi connectivity index (χ2v) is 8.98. The topological polar surface area (TPSA) is 43.7 Å². The fraction of sp³-hybridized carbons (Fsp3) is 0.571. The molecule has 0 aliphatic carbocycles. The maximum Gasteiger partial charge on any atom is 0.419 e. The lowest BCUT2D eigenvalue weighted by Gasteiger charge is -2.39. The van der Waals surface area contributed by atoms with Crippen LogP contribution in [0.15, 0.2) is 12.1 Å². The highest BCUT2D eigenvalue weighted by molar-refractivity contribution is 6.36. The minimum absolute atomic E-state index is 0.353. The average Bonchev–Trinajstić information content (AvgIpc) is 2.91. The molecule has 6 heteroatoms. The highest BCUT2D eigenvalue weighted by Crippen LogP contribution is 2.41. The number of rotatable bonds is 1. The number of aromatic nitrogens is 1. The van der Waals surface area contributed by atoms with Crippen LogP contribution in [0, 0.1) is 0 Å². The van der Waals surface area contributed by atoms with Crippen molar-refractivity contribution in [3.63, 3.8) is 0 Å². The molecule has 2 aliphatic heterocycles. The van der Waals surface area contributed by atoms with Gasteiger partial charge in [-0.3, -0.25) is 4.90 Å². The Morgan fingerprint density at radius 3 is 2.74 bits per heavy atom. The molecule has 5 nitrogen and oxygen atoms in total. The highest BCUT2D eigenvalue weighted by atomic mass is 35.5. The van der Waals surface area contributed by atoms with Gasteiger partial charge >= 0.3 is 6.09 Å². The lowest BCUT2D eigenvalue weighted by molar-refractivity contribution is 0.0525. The molecule has 1 atom stereocenters. The van der Waals surface area contributed by atoms with E-state index in [0.717, 1.165) is 36.1 Å². The minimum atomic E-state index is -0.564. The van der Waals surface area contributed by atoms with E-state index >= 15 is 0 Å². The Labute approximate surface area is 165 Å². The van der Waals surface area contributed by atoms with Gasteiger partial charge in [0.05, 0.1) is 17.6 Å². The van der Waals surface area contributed by atoms with Gasteiger partial charge in [0.1, 0.15) is 11.4 Å². The molecule has 146 valence electrons. The highest BCUT2D eigenvalue weighted by Gasteiger charge is 2.35. The number of piperidine rings is 1. The number of fused-ring (bicyclic) bond motifs is 4. The van der Waals surface area contributed by atoms with Crippen molar-refractivity contribution in [1.82, 2.24) is 9.47 Å². The Morgan fingerprint density at radius 2 is 2.04 bits per heavy atom. The Kier molecular flexibility index (Phi) is 4.63. The Balaban J connectivity index is 1.92. The Hall–Kier alpha value is -1.72. The molecular weight excluding hydrogens is 364 g/mol. The first-order valence-electron chi connectivity index (χ1n) is 9.65. The van der Waals surface area contributed by atoms with Gasteiger partial charge < -0.3 is 9.47 Å². The molecule has 27 heavy (non-hydrogen) atoms. The molecule has 1 aromatic heterocycles. The van der Waals surface area contributed by atoms with E-state index in [2.05, 4.69) is 4.90 Å². The number of hydrogen-bond acceptors (Lipinski definition) is 4. The van der Waals surface area contributed by atoms with Crippen LogP contribution < -0.4 is 4.74 Å². The molecule has 2 aromatic rings. The summed E-state index contributed by atoms with van der Waals surface area (Å²) in [6.07, 6.45) is 4.25. The molecule has 2 aliphatic rings. The third-order valence-electron chi connectivity index (χ3n) is 5.56. The molecule has 0 unspecified atom stereocenters. The van der Waals surface area contributed by atoms with Crippen molar-refractivity contribution in [1.29, 1.82) is 0 Å². The van der Waals surface area contributed by atoms with Crippen molar-refractivity contribution in [2.24, 2.45) is 0 Å². The molecule has 0 N–H and O–H groups in total. The molecule has 4 rings (SSSR count). The van der Waals surface area contributed by atoms with E-state index in [4.69, 9.17) is 21.1 Å². The first-order chi connectivity index (χ1) is 12.8. The normalized spacial score (nSPS) is 20.3. The SMILES string of the molecule is COc1cc(Cl)c2c3c(n(C(=O)OC(C)(C)C)c2c1)CN1CCCC[C@@H]1C3. The molecule has 1 fully saturated rings. The van der Waals surface area contributed by atoms with Gasteiger partial charge in [0.25, 0.3) is 0 Å².